The van der Waals surface area contributed by atoms with Crippen LogP contribution in [-0.4, -0.2) is 40.6 Å². The van der Waals surface area contributed by atoms with E-state index in [0.717, 1.165) is 6.07 Å². The quantitative estimate of drug-likeness (QED) is 0.654. The molecule has 2 aromatic carbocycles. The smallest absolute Gasteiger partial charge is 0.338 e. The standard InChI is InChI=1S/C19H19N3O6S/c1-12(18(23)22-15-6-4-5-13(9-15)11-20)28-19(24)14-7-8-16(27-3)17(10-14)29(25,26)21-2/h4-10,12,21H,1-3H3,(H,22,23)/t12-/m1/s1. The summed E-state index contributed by atoms with van der Waals surface area (Å²) < 4.78 is 36.5. The Bertz CT molecular complexity index is 1080. The number of nitriles is 1. The third-order valence-corrected chi connectivity index (χ3v) is 5.31. The minimum absolute atomic E-state index is 0.0547. The molecule has 0 heterocycles. The van der Waals surface area contributed by atoms with E-state index < -0.39 is 28.0 Å². The maximum absolute atomic E-state index is 12.4. The summed E-state index contributed by atoms with van der Waals surface area (Å²) in [6.07, 6.45) is -1.17. The molecule has 152 valence electrons. The molecule has 0 spiro atoms. The van der Waals surface area contributed by atoms with E-state index in [1.165, 1.54) is 39.3 Å². The summed E-state index contributed by atoms with van der Waals surface area (Å²) in [4.78, 5) is 24.4. The number of rotatable bonds is 7. The third-order valence-electron chi connectivity index (χ3n) is 3.87. The molecule has 0 radical (unpaired) electrons. The minimum atomic E-state index is -3.88. The second-order valence-corrected chi connectivity index (χ2v) is 7.66. The molecular formula is C19H19N3O6S. The molecule has 2 aromatic rings. The van der Waals surface area contributed by atoms with Crippen LogP contribution in [0.5, 0.6) is 5.75 Å². The number of esters is 1. The maximum Gasteiger partial charge on any atom is 0.338 e. The molecule has 0 aliphatic carbocycles. The van der Waals surface area contributed by atoms with Crippen molar-refractivity contribution in [2.24, 2.45) is 0 Å². The number of carbonyl (C=O) groups excluding carboxylic acids is 2. The number of ether oxygens (including phenoxy) is 2. The Morgan fingerprint density at radius 3 is 2.52 bits per heavy atom. The Labute approximate surface area is 168 Å². The van der Waals surface area contributed by atoms with Gasteiger partial charge in [0, 0.05) is 5.69 Å². The zero-order valence-corrected chi connectivity index (χ0v) is 16.7. The molecule has 0 saturated carbocycles. The molecule has 0 aliphatic rings. The van der Waals surface area contributed by atoms with Crippen LogP contribution in [0.2, 0.25) is 0 Å². The summed E-state index contributed by atoms with van der Waals surface area (Å²) in [6.45, 7) is 1.37. The van der Waals surface area contributed by atoms with Crippen LogP contribution in [0.15, 0.2) is 47.4 Å². The van der Waals surface area contributed by atoms with Crippen molar-refractivity contribution >= 4 is 27.6 Å². The molecule has 9 nitrogen and oxygen atoms in total. The van der Waals surface area contributed by atoms with Crippen LogP contribution < -0.4 is 14.8 Å². The summed E-state index contributed by atoms with van der Waals surface area (Å²) in [5.41, 5.74) is 0.679. The molecule has 0 bridgehead atoms. The molecule has 29 heavy (non-hydrogen) atoms. The van der Waals surface area contributed by atoms with Crippen molar-refractivity contribution in [1.29, 1.82) is 5.26 Å². The van der Waals surface area contributed by atoms with E-state index in [9.17, 15) is 18.0 Å². The van der Waals surface area contributed by atoms with Gasteiger partial charge in [-0.1, -0.05) is 6.07 Å². The van der Waals surface area contributed by atoms with Crippen molar-refractivity contribution in [3.8, 4) is 11.8 Å². The molecule has 0 aromatic heterocycles. The first kappa shape index (κ1) is 21.9. The fourth-order valence-electron chi connectivity index (χ4n) is 2.32. The lowest BCUT2D eigenvalue weighted by Gasteiger charge is -2.15. The van der Waals surface area contributed by atoms with Gasteiger partial charge >= 0.3 is 5.97 Å². The van der Waals surface area contributed by atoms with Crippen LogP contribution in [0.1, 0.15) is 22.8 Å². The second-order valence-electron chi connectivity index (χ2n) is 5.80. The molecule has 0 aliphatic heterocycles. The van der Waals surface area contributed by atoms with Gasteiger partial charge in [-0.25, -0.2) is 17.9 Å². The summed E-state index contributed by atoms with van der Waals surface area (Å²) in [5, 5.41) is 11.4. The molecule has 2 N–H and O–H groups in total. The number of benzene rings is 2. The Kier molecular flexibility index (Phi) is 6.93. The van der Waals surface area contributed by atoms with E-state index in [0.29, 0.717) is 11.3 Å². The average molecular weight is 417 g/mol. The van der Waals surface area contributed by atoms with Crippen LogP contribution in [0.3, 0.4) is 0 Å². The first-order chi connectivity index (χ1) is 13.7. The van der Waals surface area contributed by atoms with Crippen molar-refractivity contribution in [3.63, 3.8) is 0 Å². The van der Waals surface area contributed by atoms with Crippen molar-refractivity contribution in [2.75, 3.05) is 19.5 Å². The van der Waals surface area contributed by atoms with Crippen molar-refractivity contribution < 1.29 is 27.5 Å². The van der Waals surface area contributed by atoms with Gasteiger partial charge in [0.2, 0.25) is 10.0 Å². The van der Waals surface area contributed by atoms with Crippen LogP contribution >= 0.6 is 0 Å². The van der Waals surface area contributed by atoms with E-state index in [4.69, 9.17) is 14.7 Å². The Balaban J connectivity index is 2.15. The molecule has 1 amide bonds. The minimum Gasteiger partial charge on any atom is -0.495 e. The lowest BCUT2D eigenvalue weighted by Crippen LogP contribution is -2.30. The Morgan fingerprint density at radius 1 is 1.17 bits per heavy atom. The van der Waals surface area contributed by atoms with Crippen molar-refractivity contribution in [2.45, 2.75) is 17.9 Å². The van der Waals surface area contributed by atoms with E-state index in [1.54, 1.807) is 18.2 Å². The van der Waals surface area contributed by atoms with Crippen LogP contribution in [0, 0.1) is 11.3 Å². The number of sulfonamides is 1. The molecule has 1 atom stereocenters. The zero-order chi connectivity index (χ0) is 21.6. The van der Waals surface area contributed by atoms with E-state index >= 15 is 0 Å². The van der Waals surface area contributed by atoms with Gasteiger partial charge in [0.1, 0.15) is 10.6 Å². The highest BCUT2D eigenvalue weighted by Gasteiger charge is 2.23. The van der Waals surface area contributed by atoms with Crippen LogP contribution in [-0.2, 0) is 19.6 Å². The molecule has 2 rings (SSSR count). The topological polar surface area (TPSA) is 135 Å². The molecule has 0 unspecified atom stereocenters. The van der Waals surface area contributed by atoms with Crippen LogP contribution in [0.25, 0.3) is 0 Å². The first-order valence-corrected chi connectivity index (χ1v) is 9.83. The molecule has 10 heteroatoms. The van der Waals surface area contributed by atoms with Crippen LogP contribution in [0.4, 0.5) is 5.69 Å². The lowest BCUT2D eigenvalue weighted by molar-refractivity contribution is -0.123. The highest BCUT2D eigenvalue weighted by Crippen LogP contribution is 2.25. The van der Waals surface area contributed by atoms with Gasteiger partial charge in [-0.3, -0.25) is 4.79 Å². The molecule has 0 saturated heterocycles. The SMILES string of the molecule is CNS(=O)(=O)c1cc(C(=O)O[C@H](C)C(=O)Nc2cccc(C#N)c2)ccc1OC. The summed E-state index contributed by atoms with van der Waals surface area (Å²) >= 11 is 0. The fraction of sp³-hybridized carbons (Fsp3) is 0.211. The number of anilines is 1. The predicted molar refractivity (Wildman–Crippen MR) is 104 cm³/mol. The summed E-state index contributed by atoms with van der Waals surface area (Å²) in [5.74, 6) is -1.43. The van der Waals surface area contributed by atoms with Gasteiger partial charge < -0.3 is 14.8 Å². The van der Waals surface area contributed by atoms with Gasteiger partial charge in [-0.15, -0.1) is 0 Å². The fourth-order valence-corrected chi connectivity index (χ4v) is 3.23. The molecule has 0 fully saturated rings. The largest absolute Gasteiger partial charge is 0.495 e. The van der Waals surface area contributed by atoms with E-state index in [1.807, 2.05) is 6.07 Å². The van der Waals surface area contributed by atoms with Gasteiger partial charge in [0.15, 0.2) is 6.10 Å². The number of nitrogens with zero attached hydrogens (tertiary/aromatic N) is 1. The van der Waals surface area contributed by atoms with Gasteiger partial charge in [0.05, 0.1) is 24.3 Å². The van der Waals surface area contributed by atoms with Gasteiger partial charge in [-0.2, -0.15) is 5.26 Å². The maximum atomic E-state index is 12.4. The monoisotopic (exact) mass is 417 g/mol. The second kappa shape index (κ2) is 9.18. The Hall–Kier alpha value is -3.42. The summed E-state index contributed by atoms with van der Waals surface area (Å²) in [6, 6.07) is 12.0. The van der Waals surface area contributed by atoms with E-state index in [-0.39, 0.29) is 16.2 Å². The summed E-state index contributed by atoms with van der Waals surface area (Å²) in [7, 11) is -1.35. The number of carbonyl (C=O) groups is 2. The van der Waals surface area contributed by atoms with Crippen molar-refractivity contribution in [1.82, 2.24) is 4.72 Å². The zero-order valence-electron chi connectivity index (χ0n) is 15.9. The normalized spacial score (nSPS) is 11.8. The highest BCUT2D eigenvalue weighted by atomic mass is 32.2. The average Bonchev–Trinajstić information content (AvgIpc) is 2.73. The predicted octanol–water partition coefficient (Wildman–Crippen LogP) is 1.66. The van der Waals surface area contributed by atoms with Gasteiger partial charge in [0.25, 0.3) is 5.91 Å². The number of nitrogens with one attached hydrogen (secondary N) is 2. The Morgan fingerprint density at radius 2 is 1.90 bits per heavy atom. The lowest BCUT2D eigenvalue weighted by atomic mass is 10.2. The number of amides is 1. The highest BCUT2D eigenvalue weighted by molar-refractivity contribution is 7.89. The van der Waals surface area contributed by atoms with Gasteiger partial charge in [-0.05, 0) is 50.4 Å². The first-order valence-electron chi connectivity index (χ1n) is 8.35. The van der Waals surface area contributed by atoms with Crippen molar-refractivity contribution in [3.05, 3.63) is 53.6 Å². The number of hydrogen-bond donors (Lipinski definition) is 2. The van der Waals surface area contributed by atoms with E-state index in [2.05, 4.69) is 10.0 Å². The molecular weight excluding hydrogens is 398 g/mol. The number of hydrogen-bond acceptors (Lipinski definition) is 7. The third kappa shape index (κ3) is 5.31. The number of methoxy groups -OCH3 is 1.